The maximum atomic E-state index is 11.5. The zero-order valence-electron chi connectivity index (χ0n) is 10.7. The minimum Gasteiger partial charge on any atom is -0.508 e. The number of benzene rings is 1. The molecule has 21 heavy (non-hydrogen) atoms. The van der Waals surface area contributed by atoms with Gasteiger partial charge < -0.3 is 15.5 Å². The Bertz CT molecular complexity index is 687. The average molecular weight is 327 g/mol. The lowest BCUT2D eigenvalue weighted by atomic mass is 10.2. The summed E-state index contributed by atoms with van der Waals surface area (Å²) in [4.78, 5) is 26.1. The van der Waals surface area contributed by atoms with E-state index in [1.807, 2.05) is 0 Å². The van der Waals surface area contributed by atoms with E-state index in [0.717, 1.165) is 0 Å². The monoisotopic (exact) mass is 326 g/mol. The summed E-state index contributed by atoms with van der Waals surface area (Å²) < 4.78 is 0. The number of carboxylic acids is 1. The molecular formula is C13H11ClN2O4S. The third-order valence-corrected chi connectivity index (χ3v) is 3.75. The highest BCUT2D eigenvalue weighted by Gasteiger charge is 2.12. The lowest BCUT2D eigenvalue weighted by Gasteiger charge is -2.01. The number of carboxylic acid groups (broad SMARTS) is 1. The first-order chi connectivity index (χ1) is 9.95. The van der Waals surface area contributed by atoms with E-state index in [2.05, 4.69) is 10.3 Å². The van der Waals surface area contributed by atoms with Gasteiger partial charge in [0, 0.05) is 10.9 Å². The molecule has 0 aliphatic rings. The van der Waals surface area contributed by atoms with Gasteiger partial charge in [-0.05, 0) is 18.2 Å². The van der Waals surface area contributed by atoms with E-state index in [0.29, 0.717) is 21.3 Å². The number of amides is 1. The Balaban J connectivity index is 2.07. The molecule has 0 radical (unpaired) electrons. The molecule has 1 aromatic heterocycles. The molecule has 0 aliphatic carbocycles. The number of nitrogens with one attached hydrogen (secondary N) is 1. The topological polar surface area (TPSA) is 99.5 Å². The van der Waals surface area contributed by atoms with Gasteiger partial charge in [0.15, 0.2) is 0 Å². The van der Waals surface area contributed by atoms with E-state index in [1.54, 1.807) is 11.4 Å². The SMILES string of the molecule is O=C(O)CNC(=O)Cc1csc(-c2ccc(O)cc2Cl)n1. The van der Waals surface area contributed by atoms with Crippen LogP contribution in [0.4, 0.5) is 0 Å². The average Bonchev–Trinajstić information content (AvgIpc) is 2.84. The summed E-state index contributed by atoms with van der Waals surface area (Å²) in [6.45, 7) is -0.417. The molecule has 0 fully saturated rings. The van der Waals surface area contributed by atoms with Crippen molar-refractivity contribution in [3.63, 3.8) is 0 Å². The maximum Gasteiger partial charge on any atom is 0.322 e. The lowest BCUT2D eigenvalue weighted by Crippen LogP contribution is -2.30. The first kappa shape index (κ1) is 15.3. The molecule has 1 amide bonds. The Morgan fingerprint density at radius 2 is 2.14 bits per heavy atom. The fraction of sp³-hybridized carbons (Fsp3) is 0.154. The summed E-state index contributed by atoms with van der Waals surface area (Å²) in [6, 6.07) is 4.56. The molecule has 0 spiro atoms. The number of halogens is 1. The van der Waals surface area contributed by atoms with Crippen LogP contribution < -0.4 is 5.32 Å². The van der Waals surface area contributed by atoms with Crippen LogP contribution in [0.5, 0.6) is 5.75 Å². The van der Waals surface area contributed by atoms with Crippen LogP contribution in [0.3, 0.4) is 0 Å². The molecule has 110 valence electrons. The first-order valence-electron chi connectivity index (χ1n) is 5.87. The van der Waals surface area contributed by atoms with Crippen molar-refractivity contribution in [2.45, 2.75) is 6.42 Å². The summed E-state index contributed by atoms with van der Waals surface area (Å²) in [6.07, 6.45) is -0.000513. The standard InChI is InChI=1S/C13H11ClN2O4S/c14-10-4-8(17)1-2-9(10)13-16-7(6-21-13)3-11(18)15-5-12(19)20/h1-2,4,6,17H,3,5H2,(H,15,18)(H,19,20). The number of hydrogen-bond acceptors (Lipinski definition) is 5. The van der Waals surface area contributed by atoms with Crippen LogP contribution in [-0.2, 0) is 16.0 Å². The first-order valence-corrected chi connectivity index (χ1v) is 7.13. The van der Waals surface area contributed by atoms with Crippen molar-refractivity contribution >= 4 is 34.8 Å². The molecule has 2 rings (SSSR count). The van der Waals surface area contributed by atoms with Crippen LogP contribution >= 0.6 is 22.9 Å². The van der Waals surface area contributed by atoms with E-state index < -0.39 is 18.4 Å². The number of aromatic nitrogens is 1. The van der Waals surface area contributed by atoms with Crippen LogP contribution in [0.15, 0.2) is 23.6 Å². The number of aliphatic carboxylic acids is 1. The van der Waals surface area contributed by atoms with E-state index in [9.17, 15) is 14.7 Å². The highest BCUT2D eigenvalue weighted by atomic mass is 35.5. The number of thiazole rings is 1. The summed E-state index contributed by atoms with van der Waals surface area (Å²) in [5, 5.41) is 22.7. The Labute approximate surface area is 129 Å². The van der Waals surface area contributed by atoms with Crippen molar-refractivity contribution < 1.29 is 19.8 Å². The molecule has 0 aliphatic heterocycles. The number of hydrogen-bond donors (Lipinski definition) is 3. The lowest BCUT2D eigenvalue weighted by molar-refractivity contribution is -0.137. The molecular weight excluding hydrogens is 316 g/mol. The normalized spacial score (nSPS) is 10.3. The number of phenolic OH excluding ortho intramolecular Hbond substituents is 1. The Kier molecular flexibility index (Phi) is 4.77. The van der Waals surface area contributed by atoms with Gasteiger partial charge in [-0.2, -0.15) is 0 Å². The summed E-state index contributed by atoms with van der Waals surface area (Å²) >= 11 is 7.34. The molecule has 0 saturated carbocycles. The molecule has 0 atom stereocenters. The number of aromatic hydroxyl groups is 1. The number of phenols is 1. The van der Waals surface area contributed by atoms with Crippen LogP contribution in [0, 0.1) is 0 Å². The second kappa shape index (κ2) is 6.55. The quantitative estimate of drug-likeness (QED) is 0.779. The third kappa shape index (κ3) is 4.17. The Morgan fingerprint density at radius 3 is 2.81 bits per heavy atom. The van der Waals surface area contributed by atoms with Gasteiger partial charge in [0.2, 0.25) is 5.91 Å². The smallest absolute Gasteiger partial charge is 0.322 e. The highest BCUT2D eigenvalue weighted by Crippen LogP contribution is 2.32. The van der Waals surface area contributed by atoms with Crippen molar-refractivity contribution in [1.29, 1.82) is 0 Å². The predicted octanol–water partition coefficient (Wildman–Crippen LogP) is 1.91. The van der Waals surface area contributed by atoms with E-state index in [4.69, 9.17) is 16.7 Å². The largest absolute Gasteiger partial charge is 0.508 e. The van der Waals surface area contributed by atoms with Crippen molar-refractivity contribution in [3.05, 3.63) is 34.3 Å². The Morgan fingerprint density at radius 1 is 1.38 bits per heavy atom. The van der Waals surface area contributed by atoms with E-state index in [1.165, 1.54) is 23.5 Å². The molecule has 0 unspecified atom stereocenters. The van der Waals surface area contributed by atoms with Crippen LogP contribution in [0.2, 0.25) is 5.02 Å². The second-order valence-corrected chi connectivity index (χ2v) is 5.42. The molecule has 1 aromatic carbocycles. The van der Waals surface area contributed by atoms with Gasteiger partial charge in [-0.1, -0.05) is 11.6 Å². The minimum absolute atomic E-state index is 0.000513. The van der Waals surface area contributed by atoms with Crippen LogP contribution in [0.25, 0.3) is 10.6 Å². The van der Waals surface area contributed by atoms with Gasteiger partial charge >= 0.3 is 5.97 Å². The van der Waals surface area contributed by atoms with Crippen molar-refractivity contribution in [2.24, 2.45) is 0 Å². The van der Waals surface area contributed by atoms with Crippen molar-refractivity contribution in [2.75, 3.05) is 6.54 Å². The van der Waals surface area contributed by atoms with Crippen molar-refractivity contribution in [3.8, 4) is 16.3 Å². The van der Waals surface area contributed by atoms with Crippen LogP contribution in [-0.4, -0.2) is 33.6 Å². The zero-order valence-corrected chi connectivity index (χ0v) is 12.2. The van der Waals surface area contributed by atoms with Gasteiger partial charge in [-0.25, -0.2) is 4.98 Å². The number of carbonyl (C=O) groups excluding carboxylic acids is 1. The summed E-state index contributed by atoms with van der Waals surface area (Å²) in [5.74, 6) is -1.45. The molecule has 2 aromatic rings. The molecule has 8 heteroatoms. The fourth-order valence-corrected chi connectivity index (χ4v) is 2.77. The molecule has 3 N–H and O–H groups in total. The van der Waals surface area contributed by atoms with Gasteiger partial charge in [-0.15, -0.1) is 11.3 Å². The molecule has 0 saturated heterocycles. The van der Waals surface area contributed by atoms with E-state index in [-0.39, 0.29) is 12.2 Å². The predicted molar refractivity (Wildman–Crippen MR) is 78.6 cm³/mol. The minimum atomic E-state index is -1.10. The van der Waals surface area contributed by atoms with Gasteiger partial charge in [0.05, 0.1) is 17.1 Å². The maximum absolute atomic E-state index is 11.5. The van der Waals surface area contributed by atoms with Gasteiger partial charge in [0.1, 0.15) is 17.3 Å². The summed E-state index contributed by atoms with van der Waals surface area (Å²) in [5.41, 5.74) is 1.19. The fourth-order valence-electron chi connectivity index (χ4n) is 1.59. The highest BCUT2D eigenvalue weighted by molar-refractivity contribution is 7.13. The number of nitrogens with zero attached hydrogens (tertiary/aromatic N) is 1. The molecule has 6 nitrogen and oxygen atoms in total. The molecule has 1 heterocycles. The van der Waals surface area contributed by atoms with E-state index >= 15 is 0 Å². The van der Waals surface area contributed by atoms with Gasteiger partial charge in [0.25, 0.3) is 0 Å². The van der Waals surface area contributed by atoms with Crippen LogP contribution in [0.1, 0.15) is 5.69 Å². The zero-order chi connectivity index (χ0) is 15.4. The summed E-state index contributed by atoms with van der Waals surface area (Å²) in [7, 11) is 0. The molecule has 0 bridgehead atoms. The number of rotatable bonds is 5. The second-order valence-electron chi connectivity index (χ2n) is 4.16. The van der Waals surface area contributed by atoms with Crippen molar-refractivity contribution in [1.82, 2.24) is 10.3 Å². The number of carbonyl (C=O) groups is 2. The van der Waals surface area contributed by atoms with Gasteiger partial charge in [-0.3, -0.25) is 9.59 Å². The third-order valence-electron chi connectivity index (χ3n) is 2.51. The Hall–Kier alpha value is -2.12.